The van der Waals surface area contributed by atoms with Crippen LogP contribution in [0.15, 0.2) is 23.1 Å². The van der Waals surface area contributed by atoms with Crippen LogP contribution in [0.3, 0.4) is 0 Å². The van der Waals surface area contributed by atoms with E-state index in [0.29, 0.717) is 5.56 Å². The molecule has 24 heavy (non-hydrogen) atoms. The van der Waals surface area contributed by atoms with Crippen LogP contribution in [0.4, 0.5) is 0 Å². The molecule has 1 fully saturated rings. The molecule has 0 saturated heterocycles. The number of methoxy groups -OCH3 is 1. The smallest absolute Gasteiger partial charge is 0.338 e. The van der Waals surface area contributed by atoms with Gasteiger partial charge in [-0.25, -0.2) is 17.9 Å². The van der Waals surface area contributed by atoms with Gasteiger partial charge in [0.1, 0.15) is 0 Å². The molecule has 2 rings (SSSR count). The van der Waals surface area contributed by atoms with E-state index in [9.17, 15) is 13.2 Å². The molecule has 1 saturated carbocycles. The molecule has 0 amide bonds. The summed E-state index contributed by atoms with van der Waals surface area (Å²) in [6.07, 6.45) is 5.40. The Balaban J connectivity index is 2.27. The first-order valence-electron chi connectivity index (χ1n) is 8.31. The van der Waals surface area contributed by atoms with Crippen LogP contribution >= 0.6 is 0 Å². The largest absolute Gasteiger partial charge is 0.465 e. The number of benzene rings is 1. The summed E-state index contributed by atoms with van der Waals surface area (Å²) in [6.45, 7) is 1.87. The van der Waals surface area contributed by atoms with Crippen LogP contribution in [-0.2, 0) is 14.8 Å². The monoisotopic (exact) mass is 354 g/mol. The first-order chi connectivity index (χ1) is 11.4. The zero-order chi connectivity index (χ0) is 17.7. The number of carbonyl (C=O) groups is 1. The minimum absolute atomic E-state index is 0.0969. The third kappa shape index (κ3) is 4.15. The van der Waals surface area contributed by atoms with Gasteiger partial charge in [-0.15, -0.1) is 0 Å². The van der Waals surface area contributed by atoms with Gasteiger partial charge in [-0.1, -0.05) is 25.3 Å². The lowest BCUT2D eigenvalue weighted by Gasteiger charge is -2.30. The summed E-state index contributed by atoms with van der Waals surface area (Å²) >= 11 is 0. The second kappa shape index (κ2) is 8.09. The molecule has 0 aliphatic heterocycles. The average Bonchev–Trinajstić information content (AvgIpc) is 2.59. The highest BCUT2D eigenvalue weighted by Gasteiger charge is 2.29. The summed E-state index contributed by atoms with van der Waals surface area (Å²) in [4.78, 5) is 11.9. The van der Waals surface area contributed by atoms with Gasteiger partial charge in [0.05, 0.1) is 17.6 Å². The average molecular weight is 354 g/mol. The summed E-state index contributed by atoms with van der Waals surface area (Å²) in [5.41, 5.74) is 6.46. The molecule has 6 nitrogen and oxygen atoms in total. The summed E-state index contributed by atoms with van der Waals surface area (Å²) in [7, 11) is -2.48. The van der Waals surface area contributed by atoms with Gasteiger partial charge in [0, 0.05) is 12.6 Å². The minimum Gasteiger partial charge on any atom is -0.465 e. The normalized spacial score (nSPS) is 17.5. The first-order valence-corrected chi connectivity index (χ1v) is 9.79. The molecule has 0 bridgehead atoms. The predicted molar refractivity (Wildman–Crippen MR) is 92.3 cm³/mol. The maximum atomic E-state index is 12.8. The number of nitrogens with one attached hydrogen (secondary N) is 1. The molecule has 0 spiro atoms. The van der Waals surface area contributed by atoms with Crippen molar-refractivity contribution in [2.24, 2.45) is 11.7 Å². The highest BCUT2D eigenvalue weighted by molar-refractivity contribution is 7.89. The van der Waals surface area contributed by atoms with Crippen molar-refractivity contribution in [3.05, 3.63) is 29.3 Å². The molecular weight excluding hydrogens is 328 g/mol. The van der Waals surface area contributed by atoms with Gasteiger partial charge in [-0.2, -0.15) is 0 Å². The molecule has 1 aromatic carbocycles. The van der Waals surface area contributed by atoms with E-state index in [0.717, 1.165) is 25.7 Å². The predicted octanol–water partition coefficient (Wildman–Crippen LogP) is 1.97. The number of carbonyl (C=O) groups excluding carboxylic acids is 1. The molecule has 0 aromatic heterocycles. The van der Waals surface area contributed by atoms with E-state index < -0.39 is 16.0 Å². The molecule has 1 aliphatic rings. The van der Waals surface area contributed by atoms with Crippen molar-refractivity contribution in [1.29, 1.82) is 0 Å². The van der Waals surface area contributed by atoms with Gasteiger partial charge in [0.2, 0.25) is 10.0 Å². The topological polar surface area (TPSA) is 98.5 Å². The van der Waals surface area contributed by atoms with Gasteiger partial charge < -0.3 is 10.5 Å². The first kappa shape index (κ1) is 18.9. The Morgan fingerprint density at radius 3 is 2.58 bits per heavy atom. The SMILES string of the molecule is COC(=O)c1cccc(S(=O)(=O)NC(CN)C2CCCCC2)c1C. The van der Waals surface area contributed by atoms with E-state index in [1.807, 2.05) is 0 Å². The Morgan fingerprint density at radius 1 is 1.33 bits per heavy atom. The van der Waals surface area contributed by atoms with Gasteiger partial charge in [0.25, 0.3) is 0 Å². The fraction of sp³-hybridized carbons (Fsp3) is 0.588. The van der Waals surface area contributed by atoms with E-state index in [1.54, 1.807) is 19.1 Å². The van der Waals surface area contributed by atoms with Crippen LogP contribution in [0, 0.1) is 12.8 Å². The Hall–Kier alpha value is -1.44. The van der Waals surface area contributed by atoms with E-state index in [4.69, 9.17) is 10.5 Å². The third-order valence-corrected chi connectivity index (χ3v) is 6.39. The molecule has 0 radical (unpaired) electrons. The Kier molecular flexibility index (Phi) is 6.37. The molecular formula is C17H26N2O4S. The van der Waals surface area contributed by atoms with Crippen LogP contribution in [0.1, 0.15) is 48.0 Å². The van der Waals surface area contributed by atoms with Gasteiger partial charge in [-0.05, 0) is 43.4 Å². The van der Waals surface area contributed by atoms with Gasteiger partial charge in [-0.3, -0.25) is 0 Å². The molecule has 7 heteroatoms. The molecule has 1 atom stereocenters. The van der Waals surface area contributed by atoms with Crippen LogP contribution in [0.25, 0.3) is 0 Å². The molecule has 134 valence electrons. The van der Waals surface area contributed by atoms with E-state index in [2.05, 4.69) is 4.72 Å². The number of esters is 1. The number of rotatable bonds is 6. The van der Waals surface area contributed by atoms with Crippen LogP contribution in [-0.4, -0.2) is 34.1 Å². The van der Waals surface area contributed by atoms with Crippen molar-refractivity contribution in [3.8, 4) is 0 Å². The van der Waals surface area contributed by atoms with Crippen LogP contribution < -0.4 is 10.5 Å². The summed E-state index contributed by atoms with van der Waals surface area (Å²) in [5.74, 6) is -0.283. The van der Waals surface area contributed by atoms with Crippen molar-refractivity contribution in [3.63, 3.8) is 0 Å². The van der Waals surface area contributed by atoms with Crippen LogP contribution in [0.2, 0.25) is 0 Å². The number of nitrogens with two attached hydrogens (primary N) is 1. The molecule has 3 N–H and O–H groups in total. The molecule has 0 heterocycles. The molecule has 1 aliphatic carbocycles. The maximum Gasteiger partial charge on any atom is 0.338 e. The van der Waals surface area contributed by atoms with Crippen molar-refractivity contribution in [2.45, 2.75) is 50.0 Å². The highest BCUT2D eigenvalue weighted by Crippen LogP contribution is 2.27. The van der Waals surface area contributed by atoms with Crippen molar-refractivity contribution in [1.82, 2.24) is 4.72 Å². The number of hydrogen-bond acceptors (Lipinski definition) is 5. The Labute approximate surface area is 143 Å². The second-order valence-electron chi connectivity index (χ2n) is 6.28. The number of sulfonamides is 1. The number of hydrogen-bond donors (Lipinski definition) is 2. The minimum atomic E-state index is -3.75. The lowest BCUT2D eigenvalue weighted by Crippen LogP contribution is -2.46. The van der Waals surface area contributed by atoms with Crippen molar-refractivity contribution >= 4 is 16.0 Å². The molecule has 1 unspecified atom stereocenters. The zero-order valence-electron chi connectivity index (χ0n) is 14.2. The van der Waals surface area contributed by atoms with E-state index >= 15 is 0 Å². The van der Waals surface area contributed by atoms with E-state index in [-0.39, 0.29) is 29.0 Å². The number of ether oxygens (including phenoxy) is 1. The summed E-state index contributed by atoms with van der Waals surface area (Å²) in [5, 5.41) is 0. The highest BCUT2D eigenvalue weighted by atomic mass is 32.2. The Bertz CT molecular complexity index is 682. The van der Waals surface area contributed by atoms with Crippen molar-refractivity contribution in [2.75, 3.05) is 13.7 Å². The lowest BCUT2D eigenvalue weighted by molar-refractivity contribution is 0.0599. The fourth-order valence-electron chi connectivity index (χ4n) is 3.37. The Morgan fingerprint density at radius 2 is 2.00 bits per heavy atom. The van der Waals surface area contributed by atoms with E-state index in [1.165, 1.54) is 19.6 Å². The standard InChI is InChI=1S/C17H26N2O4S/c1-12-14(17(20)23-2)9-6-10-16(12)24(21,22)19-15(11-18)13-7-4-3-5-8-13/h6,9-10,13,15,19H,3-5,7-8,11,18H2,1-2H3. The lowest BCUT2D eigenvalue weighted by atomic mass is 9.84. The fourth-order valence-corrected chi connectivity index (χ4v) is 4.96. The van der Waals surface area contributed by atoms with Gasteiger partial charge >= 0.3 is 5.97 Å². The maximum absolute atomic E-state index is 12.8. The zero-order valence-corrected chi connectivity index (χ0v) is 15.1. The summed E-state index contributed by atoms with van der Waals surface area (Å²) in [6, 6.07) is 4.32. The third-order valence-electron chi connectivity index (χ3n) is 4.76. The summed E-state index contributed by atoms with van der Waals surface area (Å²) < 4.78 is 33.1. The molecule has 1 aromatic rings. The van der Waals surface area contributed by atoms with Gasteiger partial charge in [0.15, 0.2) is 0 Å². The van der Waals surface area contributed by atoms with Crippen molar-refractivity contribution < 1.29 is 17.9 Å². The van der Waals surface area contributed by atoms with Crippen LogP contribution in [0.5, 0.6) is 0 Å². The quantitative estimate of drug-likeness (QED) is 0.761. The second-order valence-corrected chi connectivity index (χ2v) is 7.96.